The lowest BCUT2D eigenvalue weighted by atomic mass is 10.0. The first-order chi connectivity index (χ1) is 7.07. The molecule has 0 saturated carbocycles. The monoisotopic (exact) mass is 228 g/mol. The third-order valence-corrected chi connectivity index (χ3v) is 2.14. The van der Waals surface area contributed by atoms with E-state index in [9.17, 15) is 9.59 Å². The first kappa shape index (κ1) is 11.7. The van der Waals surface area contributed by atoms with E-state index in [0.29, 0.717) is 5.56 Å². The summed E-state index contributed by atoms with van der Waals surface area (Å²) >= 11 is 5.76. The van der Waals surface area contributed by atoms with Crippen LogP contribution in [0.5, 0.6) is 0 Å². The number of aliphatic carboxylic acids is 1. The van der Waals surface area contributed by atoms with Crippen molar-refractivity contribution < 1.29 is 19.4 Å². The van der Waals surface area contributed by atoms with Crippen LogP contribution < -0.4 is 0 Å². The van der Waals surface area contributed by atoms with Crippen molar-refractivity contribution in [3.63, 3.8) is 0 Å². The summed E-state index contributed by atoms with van der Waals surface area (Å²) in [6, 6.07) is 4.71. The number of ether oxygens (including phenoxy) is 1. The molecule has 0 fully saturated rings. The molecule has 1 aromatic carbocycles. The summed E-state index contributed by atoms with van der Waals surface area (Å²) in [4.78, 5) is 21.9. The zero-order valence-corrected chi connectivity index (χ0v) is 8.75. The molecule has 5 heteroatoms. The highest BCUT2D eigenvalue weighted by atomic mass is 35.5. The summed E-state index contributed by atoms with van der Waals surface area (Å²) in [7, 11) is 1.45. The maximum Gasteiger partial charge on any atom is 0.377 e. The fourth-order valence-electron chi connectivity index (χ4n) is 1.21. The standard InChI is InChI=1S/C10H9ClO4/c1-15-5-6-3-2-4-7(11)8(6)9(12)10(13)14/h2-4H,5H2,1H3,(H,13,14). The predicted octanol–water partition coefficient (Wildman–Crippen LogP) is 1.75. The molecule has 4 nitrogen and oxygen atoms in total. The second-order valence-corrected chi connectivity index (χ2v) is 3.25. The second-order valence-electron chi connectivity index (χ2n) is 2.84. The van der Waals surface area contributed by atoms with Gasteiger partial charge in [0.05, 0.1) is 17.2 Å². The minimum absolute atomic E-state index is 0.00600. The van der Waals surface area contributed by atoms with Crippen molar-refractivity contribution in [1.82, 2.24) is 0 Å². The Morgan fingerprint density at radius 1 is 1.47 bits per heavy atom. The van der Waals surface area contributed by atoms with Crippen LogP contribution in [0.25, 0.3) is 0 Å². The number of halogens is 1. The fraction of sp³-hybridized carbons (Fsp3) is 0.200. The molecule has 0 aliphatic carbocycles. The molecule has 1 rings (SSSR count). The molecule has 0 aromatic heterocycles. The normalized spacial score (nSPS) is 10.0. The van der Waals surface area contributed by atoms with Gasteiger partial charge in [0.25, 0.3) is 5.78 Å². The molecule has 0 amide bonds. The van der Waals surface area contributed by atoms with Crippen molar-refractivity contribution in [1.29, 1.82) is 0 Å². The molecule has 0 unspecified atom stereocenters. The van der Waals surface area contributed by atoms with Crippen molar-refractivity contribution in [2.75, 3.05) is 7.11 Å². The second kappa shape index (κ2) is 4.91. The zero-order chi connectivity index (χ0) is 11.4. The highest BCUT2D eigenvalue weighted by molar-refractivity contribution is 6.45. The predicted molar refractivity (Wildman–Crippen MR) is 54.1 cm³/mol. The number of carbonyl (C=O) groups excluding carboxylic acids is 1. The summed E-state index contributed by atoms with van der Waals surface area (Å²) in [5.41, 5.74) is 0.464. The molecule has 0 aliphatic heterocycles. The molecule has 0 bridgehead atoms. The highest BCUT2D eigenvalue weighted by Gasteiger charge is 2.21. The summed E-state index contributed by atoms with van der Waals surface area (Å²) in [5, 5.41) is 8.73. The van der Waals surface area contributed by atoms with Gasteiger partial charge in [-0.2, -0.15) is 0 Å². The number of carboxylic acids is 1. The van der Waals surface area contributed by atoms with Crippen LogP contribution in [0.4, 0.5) is 0 Å². The maximum atomic E-state index is 11.3. The summed E-state index contributed by atoms with van der Waals surface area (Å²) < 4.78 is 4.85. The molecule has 0 radical (unpaired) electrons. The molecule has 0 spiro atoms. The van der Waals surface area contributed by atoms with Crippen molar-refractivity contribution in [3.8, 4) is 0 Å². The lowest BCUT2D eigenvalue weighted by Crippen LogP contribution is -2.15. The first-order valence-electron chi connectivity index (χ1n) is 4.12. The molecule has 1 N–H and O–H groups in total. The lowest BCUT2D eigenvalue weighted by Gasteiger charge is -2.07. The van der Waals surface area contributed by atoms with Gasteiger partial charge in [-0.15, -0.1) is 0 Å². The highest BCUT2D eigenvalue weighted by Crippen LogP contribution is 2.21. The van der Waals surface area contributed by atoms with Gasteiger partial charge < -0.3 is 9.84 Å². The number of methoxy groups -OCH3 is 1. The number of carboxylic acid groups (broad SMARTS) is 1. The van der Waals surface area contributed by atoms with Gasteiger partial charge in [-0.25, -0.2) is 4.79 Å². The Kier molecular flexibility index (Phi) is 3.82. The van der Waals surface area contributed by atoms with E-state index in [2.05, 4.69) is 0 Å². The van der Waals surface area contributed by atoms with Crippen LogP contribution in [0, 0.1) is 0 Å². The van der Waals surface area contributed by atoms with E-state index in [1.807, 2.05) is 0 Å². The first-order valence-corrected chi connectivity index (χ1v) is 4.49. The summed E-state index contributed by atoms with van der Waals surface area (Å²) in [6.07, 6.45) is 0. The van der Waals surface area contributed by atoms with Crippen LogP contribution in [0.15, 0.2) is 18.2 Å². The average molecular weight is 229 g/mol. The Labute approximate surface area is 91.4 Å². The third kappa shape index (κ3) is 2.55. The summed E-state index contributed by atoms with van der Waals surface area (Å²) in [5.74, 6) is -2.55. The Bertz CT molecular complexity index is 400. The number of carbonyl (C=O) groups is 2. The maximum absolute atomic E-state index is 11.3. The molecule has 0 saturated heterocycles. The number of benzene rings is 1. The van der Waals surface area contributed by atoms with Crippen molar-refractivity contribution in [2.45, 2.75) is 6.61 Å². The minimum Gasteiger partial charge on any atom is -0.475 e. The lowest BCUT2D eigenvalue weighted by molar-refractivity contribution is -0.131. The quantitative estimate of drug-likeness (QED) is 0.630. The molecular formula is C10H9ClO4. The van der Waals surface area contributed by atoms with Crippen LogP contribution in [0.3, 0.4) is 0 Å². The Morgan fingerprint density at radius 2 is 2.13 bits per heavy atom. The summed E-state index contributed by atoms with van der Waals surface area (Å²) in [6.45, 7) is 0.148. The van der Waals surface area contributed by atoms with E-state index in [0.717, 1.165) is 0 Å². The Hall–Kier alpha value is -1.39. The number of Topliss-reactive ketones (excluding diaryl/α,β-unsaturated/α-hetero) is 1. The van der Waals surface area contributed by atoms with Gasteiger partial charge in [0, 0.05) is 7.11 Å². The number of hydrogen-bond acceptors (Lipinski definition) is 3. The van der Waals surface area contributed by atoms with Crippen LogP contribution in [-0.2, 0) is 16.1 Å². The Morgan fingerprint density at radius 3 is 2.67 bits per heavy atom. The van der Waals surface area contributed by atoms with E-state index in [-0.39, 0.29) is 17.2 Å². The van der Waals surface area contributed by atoms with E-state index >= 15 is 0 Å². The van der Waals surface area contributed by atoms with Crippen LogP contribution in [0.2, 0.25) is 5.02 Å². The van der Waals surface area contributed by atoms with Gasteiger partial charge in [-0.3, -0.25) is 4.79 Å². The number of rotatable bonds is 4. The minimum atomic E-state index is -1.53. The molecule has 1 aromatic rings. The van der Waals surface area contributed by atoms with Crippen LogP contribution in [0.1, 0.15) is 15.9 Å². The van der Waals surface area contributed by atoms with E-state index < -0.39 is 11.8 Å². The van der Waals surface area contributed by atoms with E-state index in [1.54, 1.807) is 12.1 Å². The van der Waals surface area contributed by atoms with Gasteiger partial charge in [-0.05, 0) is 11.6 Å². The van der Waals surface area contributed by atoms with Gasteiger partial charge in [0.15, 0.2) is 0 Å². The van der Waals surface area contributed by atoms with Crippen molar-refractivity contribution in [3.05, 3.63) is 34.3 Å². The van der Waals surface area contributed by atoms with Crippen molar-refractivity contribution in [2.24, 2.45) is 0 Å². The van der Waals surface area contributed by atoms with Gasteiger partial charge in [0.2, 0.25) is 0 Å². The largest absolute Gasteiger partial charge is 0.475 e. The SMILES string of the molecule is COCc1cccc(Cl)c1C(=O)C(=O)O. The van der Waals surface area contributed by atoms with Gasteiger partial charge in [-0.1, -0.05) is 23.7 Å². The van der Waals surface area contributed by atoms with Gasteiger partial charge >= 0.3 is 5.97 Å². The molecule has 0 atom stereocenters. The van der Waals surface area contributed by atoms with Gasteiger partial charge in [0.1, 0.15) is 0 Å². The number of ketones is 1. The zero-order valence-electron chi connectivity index (χ0n) is 7.99. The molecular weight excluding hydrogens is 220 g/mol. The number of hydrogen-bond donors (Lipinski definition) is 1. The molecule has 0 aliphatic rings. The topological polar surface area (TPSA) is 63.6 Å². The van der Waals surface area contributed by atoms with Crippen molar-refractivity contribution >= 4 is 23.4 Å². The van der Waals surface area contributed by atoms with E-state index in [4.69, 9.17) is 21.4 Å². The average Bonchev–Trinajstić information content (AvgIpc) is 2.17. The Balaban J connectivity index is 3.24. The smallest absolute Gasteiger partial charge is 0.377 e. The fourth-order valence-corrected chi connectivity index (χ4v) is 1.49. The third-order valence-electron chi connectivity index (χ3n) is 1.82. The van der Waals surface area contributed by atoms with E-state index in [1.165, 1.54) is 13.2 Å². The molecule has 80 valence electrons. The van der Waals surface area contributed by atoms with Crippen LogP contribution in [-0.4, -0.2) is 24.0 Å². The van der Waals surface area contributed by atoms with Crippen LogP contribution >= 0.6 is 11.6 Å². The molecule has 0 heterocycles. The molecule has 15 heavy (non-hydrogen) atoms.